The Bertz CT molecular complexity index is 488. The van der Waals surface area contributed by atoms with Crippen LogP contribution in [-0.4, -0.2) is 4.98 Å². The number of allylic oxidation sites excluding steroid dienone is 1. The van der Waals surface area contributed by atoms with Crippen LogP contribution in [0.2, 0.25) is 0 Å². The predicted molar refractivity (Wildman–Crippen MR) is 61.2 cm³/mol. The molecule has 0 fully saturated rings. The number of fused-ring (bicyclic) bond motifs is 1. The zero-order valence-corrected chi connectivity index (χ0v) is 8.62. The number of halogens is 1. The molecule has 0 aliphatic carbocycles. The minimum absolute atomic E-state index is 0.691. The zero-order valence-electron chi connectivity index (χ0n) is 7.87. The number of hydrogen-bond donors (Lipinski definition) is 0. The summed E-state index contributed by atoms with van der Waals surface area (Å²) in [4.78, 5) is 4.45. The minimum atomic E-state index is 0.691. The van der Waals surface area contributed by atoms with Crippen molar-refractivity contribution in [3.63, 3.8) is 0 Å². The van der Waals surface area contributed by atoms with E-state index in [0.717, 1.165) is 16.6 Å². The summed E-state index contributed by atoms with van der Waals surface area (Å²) in [6.07, 6.45) is 1.85. The summed E-state index contributed by atoms with van der Waals surface area (Å²) >= 11 is 5.99. The Balaban J connectivity index is 2.62. The van der Waals surface area contributed by atoms with E-state index in [1.165, 1.54) is 0 Å². The third kappa shape index (κ3) is 1.64. The van der Waals surface area contributed by atoms with E-state index in [4.69, 9.17) is 11.6 Å². The zero-order chi connectivity index (χ0) is 9.97. The van der Waals surface area contributed by atoms with Crippen LogP contribution in [0.3, 0.4) is 0 Å². The molecule has 1 aromatic carbocycles. The van der Waals surface area contributed by atoms with Crippen LogP contribution in [0, 0.1) is 0 Å². The third-order valence-electron chi connectivity index (χ3n) is 2.10. The quantitative estimate of drug-likeness (QED) is 0.687. The van der Waals surface area contributed by atoms with Gasteiger partial charge in [-0.25, -0.2) is 4.98 Å². The highest BCUT2D eigenvalue weighted by Gasteiger charge is 1.99. The van der Waals surface area contributed by atoms with Gasteiger partial charge in [0.1, 0.15) is 0 Å². The highest BCUT2D eigenvalue weighted by Crippen LogP contribution is 2.19. The molecule has 0 aliphatic heterocycles. The van der Waals surface area contributed by atoms with Crippen LogP contribution in [0.1, 0.15) is 12.6 Å². The van der Waals surface area contributed by atoms with Gasteiger partial charge in [0.2, 0.25) is 0 Å². The Morgan fingerprint density at radius 1 is 1.21 bits per heavy atom. The lowest BCUT2D eigenvalue weighted by Crippen LogP contribution is -1.85. The van der Waals surface area contributed by atoms with Gasteiger partial charge in [0.05, 0.1) is 16.2 Å². The lowest BCUT2D eigenvalue weighted by Gasteiger charge is -2.00. The highest BCUT2D eigenvalue weighted by molar-refractivity contribution is 6.48. The first-order valence-electron chi connectivity index (χ1n) is 4.49. The van der Waals surface area contributed by atoms with Crippen molar-refractivity contribution in [1.82, 2.24) is 4.98 Å². The summed E-state index contributed by atoms with van der Waals surface area (Å²) in [5.41, 5.74) is 1.80. The van der Waals surface area contributed by atoms with Crippen molar-refractivity contribution in [3.8, 4) is 0 Å². The van der Waals surface area contributed by atoms with E-state index in [-0.39, 0.29) is 0 Å². The summed E-state index contributed by atoms with van der Waals surface area (Å²) in [7, 11) is 0. The highest BCUT2D eigenvalue weighted by atomic mass is 35.5. The summed E-state index contributed by atoms with van der Waals surface area (Å²) in [6, 6.07) is 12.0. The summed E-state index contributed by atoms with van der Waals surface area (Å²) in [5.74, 6) is 0. The molecule has 0 bridgehead atoms. The maximum atomic E-state index is 5.99. The first-order chi connectivity index (χ1) is 6.81. The van der Waals surface area contributed by atoms with Crippen LogP contribution < -0.4 is 0 Å². The largest absolute Gasteiger partial charge is 0.247 e. The van der Waals surface area contributed by atoms with E-state index in [1.807, 2.05) is 49.4 Å². The number of para-hydroxylation sites is 1. The molecule has 0 radical (unpaired) electrons. The Kier molecular flexibility index (Phi) is 2.51. The fourth-order valence-corrected chi connectivity index (χ4v) is 1.45. The molecule has 0 spiro atoms. The summed E-state index contributed by atoms with van der Waals surface area (Å²) < 4.78 is 0. The van der Waals surface area contributed by atoms with Crippen molar-refractivity contribution in [1.29, 1.82) is 0 Å². The van der Waals surface area contributed by atoms with E-state index < -0.39 is 0 Å². The number of hydrogen-bond acceptors (Lipinski definition) is 1. The van der Waals surface area contributed by atoms with Crippen molar-refractivity contribution in [2.24, 2.45) is 0 Å². The van der Waals surface area contributed by atoms with Gasteiger partial charge in [-0.2, -0.15) is 0 Å². The Morgan fingerprint density at radius 2 is 2.00 bits per heavy atom. The topological polar surface area (TPSA) is 12.9 Å². The van der Waals surface area contributed by atoms with Crippen LogP contribution in [0.25, 0.3) is 15.9 Å². The number of aromatic nitrogens is 1. The molecule has 0 saturated heterocycles. The molecule has 0 amide bonds. The molecule has 1 aromatic heterocycles. The molecular weight excluding hydrogens is 194 g/mol. The monoisotopic (exact) mass is 203 g/mol. The van der Waals surface area contributed by atoms with Gasteiger partial charge in [-0.15, -0.1) is 0 Å². The van der Waals surface area contributed by atoms with Crippen LogP contribution in [-0.2, 0) is 0 Å². The molecule has 2 aromatic rings. The third-order valence-corrected chi connectivity index (χ3v) is 2.51. The van der Waals surface area contributed by atoms with E-state index in [1.54, 1.807) is 0 Å². The molecule has 2 rings (SSSR count). The Morgan fingerprint density at radius 3 is 2.79 bits per heavy atom. The van der Waals surface area contributed by atoms with E-state index in [2.05, 4.69) is 4.98 Å². The SMILES string of the molecule is C/C=C(\Cl)c1ccc2ccccc2n1. The number of pyridine rings is 1. The number of rotatable bonds is 1. The first-order valence-corrected chi connectivity index (χ1v) is 4.87. The smallest absolute Gasteiger partial charge is 0.0820 e. The average Bonchev–Trinajstić information content (AvgIpc) is 2.27. The predicted octanol–water partition coefficient (Wildman–Crippen LogP) is 3.83. The molecule has 2 heteroatoms. The van der Waals surface area contributed by atoms with Crippen molar-refractivity contribution in [3.05, 3.63) is 48.2 Å². The van der Waals surface area contributed by atoms with Crippen molar-refractivity contribution in [2.75, 3.05) is 0 Å². The summed E-state index contributed by atoms with van der Waals surface area (Å²) in [5, 5.41) is 1.83. The molecule has 0 unspecified atom stereocenters. The molecule has 1 heterocycles. The van der Waals surface area contributed by atoms with E-state index in [0.29, 0.717) is 5.03 Å². The fraction of sp³-hybridized carbons (Fsp3) is 0.0833. The van der Waals surface area contributed by atoms with E-state index in [9.17, 15) is 0 Å². The van der Waals surface area contributed by atoms with Crippen LogP contribution in [0.15, 0.2) is 42.5 Å². The molecule has 1 nitrogen and oxygen atoms in total. The molecule has 70 valence electrons. The molecule has 14 heavy (non-hydrogen) atoms. The lowest BCUT2D eigenvalue weighted by atomic mass is 10.2. The molecule has 0 atom stereocenters. The molecular formula is C12H10ClN. The van der Waals surface area contributed by atoms with Gasteiger partial charge in [-0.1, -0.05) is 41.9 Å². The maximum Gasteiger partial charge on any atom is 0.0820 e. The minimum Gasteiger partial charge on any atom is -0.247 e. The van der Waals surface area contributed by atoms with E-state index >= 15 is 0 Å². The molecule has 0 N–H and O–H groups in total. The van der Waals surface area contributed by atoms with Gasteiger partial charge >= 0.3 is 0 Å². The maximum absolute atomic E-state index is 5.99. The van der Waals surface area contributed by atoms with Gasteiger partial charge in [0, 0.05) is 5.39 Å². The average molecular weight is 204 g/mol. The first kappa shape index (κ1) is 9.22. The van der Waals surface area contributed by atoms with Crippen molar-refractivity contribution < 1.29 is 0 Å². The molecule has 0 aliphatic rings. The lowest BCUT2D eigenvalue weighted by molar-refractivity contribution is 1.36. The second kappa shape index (κ2) is 3.81. The van der Waals surface area contributed by atoms with Crippen molar-refractivity contribution >= 4 is 27.5 Å². The van der Waals surface area contributed by atoms with Gasteiger partial charge in [-0.3, -0.25) is 0 Å². The number of nitrogens with zero attached hydrogens (tertiary/aromatic N) is 1. The molecule has 0 saturated carbocycles. The van der Waals surface area contributed by atoms with Gasteiger partial charge in [-0.05, 0) is 19.1 Å². The number of benzene rings is 1. The Hall–Kier alpha value is -1.34. The second-order valence-corrected chi connectivity index (χ2v) is 3.43. The van der Waals surface area contributed by atoms with Gasteiger partial charge in [0.15, 0.2) is 0 Å². The summed E-state index contributed by atoms with van der Waals surface area (Å²) in [6.45, 7) is 1.90. The van der Waals surface area contributed by atoms with Crippen LogP contribution in [0.5, 0.6) is 0 Å². The normalized spacial score (nSPS) is 12.0. The second-order valence-electron chi connectivity index (χ2n) is 3.03. The van der Waals surface area contributed by atoms with Crippen molar-refractivity contribution in [2.45, 2.75) is 6.92 Å². The van der Waals surface area contributed by atoms with Gasteiger partial charge in [0.25, 0.3) is 0 Å². The van der Waals surface area contributed by atoms with Gasteiger partial charge < -0.3 is 0 Å². The van der Waals surface area contributed by atoms with Crippen LogP contribution >= 0.6 is 11.6 Å². The fourth-order valence-electron chi connectivity index (χ4n) is 1.35. The van der Waals surface area contributed by atoms with Crippen LogP contribution in [0.4, 0.5) is 0 Å². The Labute approximate surface area is 88.0 Å². The standard InChI is InChI=1S/C12H10ClN/c1-2-10(13)12-8-7-9-5-3-4-6-11(9)14-12/h2-8H,1H3/b10-2-.